The normalized spacial score (nSPS) is 15.8. The summed E-state index contributed by atoms with van der Waals surface area (Å²) in [5.41, 5.74) is 1.21. The second-order valence-electron chi connectivity index (χ2n) is 9.65. The highest BCUT2D eigenvalue weighted by Gasteiger charge is 2.35. The Morgan fingerprint density at radius 2 is 1.13 bits per heavy atom. The maximum absolute atomic E-state index is 12.3. The van der Waals surface area contributed by atoms with Crippen molar-refractivity contribution in [3.05, 3.63) is 11.6 Å². The number of hydrogen-bond donors (Lipinski definition) is 0. The minimum atomic E-state index is -0.00307. The Kier molecular flexibility index (Phi) is 16.6. The summed E-state index contributed by atoms with van der Waals surface area (Å²) in [4.78, 5) is 26.2. The number of imide groups is 1. The van der Waals surface area contributed by atoms with E-state index in [0.29, 0.717) is 12.8 Å². The van der Waals surface area contributed by atoms with Crippen LogP contribution in [0.5, 0.6) is 0 Å². The largest absolute Gasteiger partial charge is 0.275 e. The van der Waals surface area contributed by atoms with Crippen LogP contribution in [0.3, 0.4) is 0 Å². The minimum absolute atomic E-state index is 0.00307. The minimum Gasteiger partial charge on any atom is -0.275 e. The number of carbonyl (C=O) groups excluding carboxylic acids is 2. The highest BCUT2D eigenvalue weighted by molar-refractivity contribution is 6.02. The van der Waals surface area contributed by atoms with Crippen molar-refractivity contribution in [3.63, 3.8) is 0 Å². The van der Waals surface area contributed by atoms with E-state index in [9.17, 15) is 9.59 Å². The summed E-state index contributed by atoms with van der Waals surface area (Å²) in [6.07, 6.45) is 26.3. The molecule has 0 saturated carbocycles. The predicted octanol–water partition coefficient (Wildman–Crippen LogP) is 8.51. The molecule has 0 aromatic rings. The number of unbranched alkanes of at least 4 members (excludes halogenated alkanes) is 15. The molecular weight excluding hydrogens is 382 g/mol. The van der Waals surface area contributed by atoms with Crippen molar-refractivity contribution >= 4 is 11.8 Å². The van der Waals surface area contributed by atoms with Crippen molar-refractivity contribution in [2.45, 2.75) is 155 Å². The zero-order valence-corrected chi connectivity index (χ0v) is 21.1. The Bertz CT molecular complexity index is 495. The molecule has 0 spiro atoms. The maximum atomic E-state index is 12.3. The quantitative estimate of drug-likeness (QED) is 0.110. The molecular formula is C28H51NO2. The van der Waals surface area contributed by atoms with E-state index in [0.717, 1.165) is 19.3 Å². The van der Waals surface area contributed by atoms with Gasteiger partial charge in [-0.3, -0.25) is 14.5 Å². The highest BCUT2D eigenvalue weighted by atomic mass is 16.2. The Morgan fingerprint density at radius 1 is 0.710 bits per heavy atom. The lowest BCUT2D eigenvalue weighted by molar-refractivity contribution is -0.140. The van der Waals surface area contributed by atoms with Crippen LogP contribution in [0.1, 0.15) is 149 Å². The lowest BCUT2D eigenvalue weighted by atomic mass is 9.97. The van der Waals surface area contributed by atoms with E-state index in [1.807, 2.05) is 0 Å². The van der Waals surface area contributed by atoms with Crippen molar-refractivity contribution in [1.29, 1.82) is 0 Å². The van der Waals surface area contributed by atoms with Crippen LogP contribution in [0, 0.1) is 0 Å². The first-order chi connectivity index (χ1) is 15.1. The second-order valence-corrected chi connectivity index (χ2v) is 9.65. The molecule has 1 aliphatic rings. The standard InChI is InChI=1S/C28H51NO2/c1-4-6-8-9-10-11-12-13-14-15-16-17-18-20-22-26(25(3)21-19-7-5-2)29-27(30)23-24-28(29)31/h21,26H,4-20,22-24H2,1-3H3. The zero-order chi connectivity index (χ0) is 22.7. The average molecular weight is 434 g/mol. The molecule has 1 rings (SSSR count). The number of rotatable bonds is 20. The molecule has 1 fully saturated rings. The number of allylic oxidation sites excluding steroid dienone is 1. The molecule has 3 nitrogen and oxygen atoms in total. The van der Waals surface area contributed by atoms with Crippen molar-refractivity contribution in [3.8, 4) is 0 Å². The first kappa shape index (κ1) is 27.9. The van der Waals surface area contributed by atoms with Crippen molar-refractivity contribution in [2.75, 3.05) is 0 Å². The van der Waals surface area contributed by atoms with Crippen LogP contribution >= 0.6 is 0 Å². The molecule has 180 valence electrons. The smallest absolute Gasteiger partial charge is 0.230 e. The van der Waals surface area contributed by atoms with E-state index >= 15 is 0 Å². The number of carbonyl (C=O) groups is 2. The van der Waals surface area contributed by atoms with Gasteiger partial charge >= 0.3 is 0 Å². The van der Waals surface area contributed by atoms with Gasteiger partial charge in [-0.2, -0.15) is 0 Å². The lowest BCUT2D eigenvalue weighted by Crippen LogP contribution is -2.40. The number of amides is 2. The topological polar surface area (TPSA) is 37.4 Å². The van der Waals surface area contributed by atoms with Crippen molar-refractivity contribution in [1.82, 2.24) is 4.90 Å². The van der Waals surface area contributed by atoms with Crippen LogP contribution in [-0.4, -0.2) is 22.8 Å². The molecule has 1 atom stereocenters. The van der Waals surface area contributed by atoms with E-state index in [1.165, 1.54) is 102 Å². The van der Waals surface area contributed by atoms with Gasteiger partial charge in [-0.15, -0.1) is 0 Å². The third-order valence-electron chi connectivity index (χ3n) is 6.78. The summed E-state index contributed by atoms with van der Waals surface area (Å²) < 4.78 is 0. The van der Waals surface area contributed by atoms with Crippen LogP contribution in [0.25, 0.3) is 0 Å². The summed E-state index contributed by atoms with van der Waals surface area (Å²) in [5, 5.41) is 0. The third kappa shape index (κ3) is 12.5. The molecule has 2 amide bonds. The van der Waals surface area contributed by atoms with Gasteiger partial charge in [-0.1, -0.05) is 128 Å². The molecule has 0 aliphatic carbocycles. The fourth-order valence-corrected chi connectivity index (χ4v) is 4.70. The molecule has 1 saturated heterocycles. The van der Waals surface area contributed by atoms with Gasteiger partial charge in [-0.05, 0) is 19.8 Å². The van der Waals surface area contributed by atoms with Crippen LogP contribution in [0.15, 0.2) is 11.6 Å². The van der Waals surface area contributed by atoms with E-state index in [-0.39, 0.29) is 17.9 Å². The summed E-state index contributed by atoms with van der Waals surface area (Å²) in [6, 6.07) is -0.00307. The SMILES string of the molecule is CCCCC=C(C)C(CCCCCCCCCCCCCCCC)N1C(=O)CCC1=O. The van der Waals surface area contributed by atoms with Crippen molar-refractivity contribution < 1.29 is 9.59 Å². The van der Waals surface area contributed by atoms with Crippen LogP contribution in [0.2, 0.25) is 0 Å². The Morgan fingerprint density at radius 3 is 1.58 bits per heavy atom. The van der Waals surface area contributed by atoms with Gasteiger partial charge in [0, 0.05) is 12.8 Å². The third-order valence-corrected chi connectivity index (χ3v) is 6.78. The first-order valence-electron chi connectivity index (χ1n) is 13.6. The van der Waals surface area contributed by atoms with Gasteiger partial charge in [0.05, 0.1) is 6.04 Å². The molecule has 0 aromatic carbocycles. The fraction of sp³-hybridized carbons (Fsp3) is 0.857. The van der Waals surface area contributed by atoms with E-state index in [1.54, 1.807) is 4.90 Å². The summed E-state index contributed by atoms with van der Waals surface area (Å²) in [7, 11) is 0. The predicted molar refractivity (Wildman–Crippen MR) is 133 cm³/mol. The molecule has 0 radical (unpaired) electrons. The molecule has 3 heteroatoms. The first-order valence-corrected chi connectivity index (χ1v) is 13.6. The van der Waals surface area contributed by atoms with E-state index in [2.05, 4.69) is 26.8 Å². The number of likely N-dealkylation sites (tertiary alicyclic amines) is 1. The fourth-order valence-electron chi connectivity index (χ4n) is 4.70. The van der Waals surface area contributed by atoms with Crippen LogP contribution < -0.4 is 0 Å². The van der Waals surface area contributed by atoms with Gasteiger partial charge in [0.25, 0.3) is 0 Å². The van der Waals surface area contributed by atoms with Gasteiger partial charge in [0.15, 0.2) is 0 Å². The molecule has 0 aromatic heterocycles. The molecule has 0 N–H and O–H groups in total. The highest BCUT2D eigenvalue weighted by Crippen LogP contribution is 2.25. The second kappa shape index (κ2) is 18.5. The summed E-state index contributed by atoms with van der Waals surface area (Å²) in [6.45, 7) is 6.59. The monoisotopic (exact) mass is 433 g/mol. The average Bonchev–Trinajstić information content (AvgIpc) is 3.09. The number of nitrogens with zero attached hydrogens (tertiary/aromatic N) is 1. The Balaban J connectivity index is 2.18. The summed E-state index contributed by atoms with van der Waals surface area (Å²) in [5.74, 6) is 0.0622. The number of hydrogen-bond acceptors (Lipinski definition) is 2. The van der Waals surface area contributed by atoms with Crippen LogP contribution in [0.4, 0.5) is 0 Å². The van der Waals surface area contributed by atoms with Gasteiger partial charge < -0.3 is 0 Å². The molecule has 31 heavy (non-hydrogen) atoms. The Labute approximate surface area is 193 Å². The maximum Gasteiger partial charge on any atom is 0.230 e. The molecule has 0 bridgehead atoms. The zero-order valence-electron chi connectivity index (χ0n) is 21.1. The van der Waals surface area contributed by atoms with Gasteiger partial charge in [-0.25, -0.2) is 0 Å². The molecule has 1 aliphatic heterocycles. The molecule has 1 heterocycles. The molecule has 1 unspecified atom stereocenters. The van der Waals surface area contributed by atoms with Gasteiger partial charge in [0.2, 0.25) is 11.8 Å². The van der Waals surface area contributed by atoms with Crippen LogP contribution in [-0.2, 0) is 9.59 Å². The van der Waals surface area contributed by atoms with E-state index < -0.39 is 0 Å². The van der Waals surface area contributed by atoms with E-state index in [4.69, 9.17) is 0 Å². The lowest BCUT2D eigenvalue weighted by Gasteiger charge is -2.27. The van der Waals surface area contributed by atoms with Gasteiger partial charge in [0.1, 0.15) is 0 Å². The Hall–Kier alpha value is -1.12. The van der Waals surface area contributed by atoms with Crippen molar-refractivity contribution in [2.24, 2.45) is 0 Å². The summed E-state index contributed by atoms with van der Waals surface area (Å²) >= 11 is 0.